The van der Waals surface area contributed by atoms with E-state index in [1.165, 1.54) is 12.2 Å². The molecule has 1 aromatic carbocycles. The molecule has 0 saturated carbocycles. The monoisotopic (exact) mass is 316 g/mol. The van der Waals surface area contributed by atoms with Crippen molar-refractivity contribution < 1.29 is 14.4 Å². The predicted molar refractivity (Wildman–Crippen MR) is 85.1 cm³/mol. The number of aromatic amines is 1. The molecule has 7 nitrogen and oxygen atoms in total. The van der Waals surface area contributed by atoms with Crippen LogP contribution in [0.2, 0.25) is 0 Å². The van der Waals surface area contributed by atoms with Crippen LogP contribution in [0.5, 0.6) is 5.75 Å². The summed E-state index contributed by atoms with van der Waals surface area (Å²) in [4.78, 5) is 26.3. The van der Waals surface area contributed by atoms with Crippen molar-refractivity contribution in [3.05, 3.63) is 42.0 Å². The maximum Gasteiger partial charge on any atom is 0.250 e. The van der Waals surface area contributed by atoms with Crippen LogP contribution in [0, 0.1) is 0 Å². The second-order valence-electron chi connectivity index (χ2n) is 5.40. The molecule has 122 valence electrons. The van der Waals surface area contributed by atoms with Crippen LogP contribution in [0.15, 0.2) is 30.7 Å². The number of H-pyrrole nitrogens is 1. The van der Waals surface area contributed by atoms with E-state index in [4.69, 9.17) is 9.57 Å². The third-order valence-electron chi connectivity index (χ3n) is 3.88. The molecule has 0 aliphatic carbocycles. The topological polar surface area (TPSA) is 70.7 Å². The van der Waals surface area contributed by atoms with Gasteiger partial charge in [0.1, 0.15) is 12.4 Å². The molecular formula is C16H20N4O3. The average Bonchev–Trinajstić information content (AvgIpc) is 3.07. The van der Waals surface area contributed by atoms with Crippen LogP contribution in [0.25, 0.3) is 0 Å². The van der Waals surface area contributed by atoms with E-state index in [2.05, 4.69) is 14.9 Å². The molecule has 1 aliphatic heterocycles. The fourth-order valence-corrected chi connectivity index (χ4v) is 2.56. The molecule has 2 heterocycles. The summed E-state index contributed by atoms with van der Waals surface area (Å²) in [6, 6.07) is 5.84. The van der Waals surface area contributed by atoms with Crippen LogP contribution in [0.1, 0.15) is 11.3 Å². The highest BCUT2D eigenvalue weighted by Gasteiger charge is 2.20. The second kappa shape index (κ2) is 6.70. The number of hydrogen-bond donors (Lipinski definition) is 1. The number of ether oxygens (including phenoxy) is 1. The Hall–Kier alpha value is -2.54. The molecule has 2 aromatic rings. The van der Waals surface area contributed by atoms with E-state index < -0.39 is 0 Å². The standard InChI is InChI=1S/C16H20N4O3/c1-19(22-2)16(21)8-12-3-4-15-14(7-12)20(5-6-23-15)10-13-9-17-11-18-13/h3-4,7,9,11H,5-6,8,10H2,1-2H3,(H,17,18). The Morgan fingerprint density at radius 3 is 3.13 bits per heavy atom. The number of hydroxylamine groups is 2. The molecule has 0 atom stereocenters. The summed E-state index contributed by atoms with van der Waals surface area (Å²) >= 11 is 0. The van der Waals surface area contributed by atoms with E-state index in [-0.39, 0.29) is 12.3 Å². The van der Waals surface area contributed by atoms with Gasteiger partial charge in [0.15, 0.2) is 0 Å². The fourth-order valence-electron chi connectivity index (χ4n) is 2.56. The van der Waals surface area contributed by atoms with Crippen molar-refractivity contribution in [2.24, 2.45) is 0 Å². The van der Waals surface area contributed by atoms with Gasteiger partial charge in [-0.2, -0.15) is 0 Å². The molecule has 23 heavy (non-hydrogen) atoms. The summed E-state index contributed by atoms with van der Waals surface area (Å²) in [6.07, 6.45) is 3.78. The number of benzene rings is 1. The molecule has 7 heteroatoms. The number of nitrogens with zero attached hydrogens (tertiary/aromatic N) is 3. The Kier molecular flexibility index (Phi) is 4.47. The Morgan fingerprint density at radius 2 is 2.39 bits per heavy atom. The molecule has 1 amide bonds. The highest BCUT2D eigenvalue weighted by molar-refractivity contribution is 5.78. The van der Waals surface area contributed by atoms with Crippen LogP contribution < -0.4 is 9.64 Å². The van der Waals surface area contributed by atoms with E-state index in [1.807, 2.05) is 24.4 Å². The lowest BCUT2D eigenvalue weighted by atomic mass is 10.1. The molecule has 0 unspecified atom stereocenters. The summed E-state index contributed by atoms with van der Waals surface area (Å²) in [5.41, 5.74) is 2.97. The van der Waals surface area contributed by atoms with Crippen LogP contribution in [-0.4, -0.2) is 48.2 Å². The Labute approximate surface area is 134 Å². The van der Waals surface area contributed by atoms with Crippen LogP contribution in [0.3, 0.4) is 0 Å². The lowest BCUT2D eigenvalue weighted by Crippen LogP contribution is -2.32. The van der Waals surface area contributed by atoms with Crippen molar-refractivity contribution in [1.82, 2.24) is 15.0 Å². The van der Waals surface area contributed by atoms with Crippen molar-refractivity contribution >= 4 is 11.6 Å². The van der Waals surface area contributed by atoms with E-state index in [0.717, 1.165) is 35.8 Å². The quantitative estimate of drug-likeness (QED) is 0.844. The molecule has 0 fully saturated rings. The van der Waals surface area contributed by atoms with Crippen molar-refractivity contribution in [3.63, 3.8) is 0 Å². The number of anilines is 1. The summed E-state index contributed by atoms with van der Waals surface area (Å²) < 4.78 is 5.71. The fraction of sp³-hybridized carbons (Fsp3) is 0.375. The first-order valence-corrected chi connectivity index (χ1v) is 7.46. The maximum atomic E-state index is 12.0. The number of likely N-dealkylation sites (N-methyl/N-ethyl adjacent to an activating group) is 1. The van der Waals surface area contributed by atoms with E-state index in [0.29, 0.717) is 6.61 Å². The van der Waals surface area contributed by atoms with E-state index >= 15 is 0 Å². The zero-order valence-electron chi connectivity index (χ0n) is 13.3. The first kappa shape index (κ1) is 15.4. The maximum absolute atomic E-state index is 12.0. The van der Waals surface area contributed by atoms with E-state index in [9.17, 15) is 4.79 Å². The van der Waals surface area contributed by atoms with Gasteiger partial charge in [-0.25, -0.2) is 10.0 Å². The van der Waals surface area contributed by atoms with Crippen molar-refractivity contribution in [2.45, 2.75) is 13.0 Å². The molecule has 0 spiro atoms. The average molecular weight is 316 g/mol. The van der Waals surface area contributed by atoms with Crippen molar-refractivity contribution in [2.75, 3.05) is 32.2 Å². The minimum absolute atomic E-state index is 0.0932. The normalized spacial score (nSPS) is 13.4. The minimum Gasteiger partial charge on any atom is -0.490 e. The number of aromatic nitrogens is 2. The number of carbonyl (C=O) groups excluding carboxylic acids is 1. The predicted octanol–water partition coefficient (Wildman–Crippen LogP) is 1.37. The summed E-state index contributed by atoms with van der Waals surface area (Å²) in [7, 11) is 3.08. The number of hydrogen-bond acceptors (Lipinski definition) is 5. The number of amides is 1. The first-order chi connectivity index (χ1) is 11.2. The molecule has 1 N–H and O–H groups in total. The summed E-state index contributed by atoms with van der Waals surface area (Å²) in [5.74, 6) is 0.747. The van der Waals surface area contributed by atoms with Crippen LogP contribution in [-0.2, 0) is 22.6 Å². The highest BCUT2D eigenvalue weighted by Crippen LogP contribution is 2.33. The van der Waals surface area contributed by atoms with Gasteiger partial charge in [-0.05, 0) is 17.7 Å². The number of rotatable bonds is 5. The SMILES string of the molecule is CON(C)C(=O)Cc1ccc2c(c1)N(Cc1cnc[nH]1)CCO2. The number of fused-ring (bicyclic) bond motifs is 1. The molecule has 1 aromatic heterocycles. The largest absolute Gasteiger partial charge is 0.490 e. The van der Waals surface area contributed by atoms with Gasteiger partial charge in [0.2, 0.25) is 5.91 Å². The Balaban J connectivity index is 1.80. The zero-order chi connectivity index (χ0) is 16.2. The van der Waals surface area contributed by atoms with Crippen molar-refractivity contribution in [3.8, 4) is 5.75 Å². The second-order valence-corrected chi connectivity index (χ2v) is 5.40. The van der Waals surface area contributed by atoms with Gasteiger partial charge < -0.3 is 14.6 Å². The summed E-state index contributed by atoms with van der Waals surface area (Å²) in [5, 5.41) is 1.23. The van der Waals surface area contributed by atoms with Gasteiger partial charge >= 0.3 is 0 Å². The minimum atomic E-state index is -0.0932. The van der Waals surface area contributed by atoms with Gasteiger partial charge in [-0.15, -0.1) is 0 Å². The smallest absolute Gasteiger partial charge is 0.250 e. The molecule has 0 radical (unpaired) electrons. The molecular weight excluding hydrogens is 296 g/mol. The number of carbonyl (C=O) groups is 1. The lowest BCUT2D eigenvalue weighted by Gasteiger charge is -2.31. The third-order valence-corrected chi connectivity index (χ3v) is 3.88. The molecule has 0 bridgehead atoms. The Bertz CT molecular complexity index is 672. The highest BCUT2D eigenvalue weighted by atomic mass is 16.7. The van der Waals surface area contributed by atoms with Crippen LogP contribution in [0.4, 0.5) is 5.69 Å². The number of imidazole rings is 1. The van der Waals surface area contributed by atoms with Crippen LogP contribution >= 0.6 is 0 Å². The summed E-state index contributed by atoms with van der Waals surface area (Å²) in [6.45, 7) is 2.17. The number of nitrogens with one attached hydrogen (secondary N) is 1. The van der Waals surface area contributed by atoms with Gasteiger partial charge in [0.05, 0.1) is 44.3 Å². The molecule has 0 saturated heterocycles. The lowest BCUT2D eigenvalue weighted by molar-refractivity contribution is -0.167. The Morgan fingerprint density at radius 1 is 1.52 bits per heavy atom. The van der Waals surface area contributed by atoms with Gasteiger partial charge in [-0.3, -0.25) is 9.63 Å². The van der Waals surface area contributed by atoms with Gasteiger partial charge in [-0.1, -0.05) is 6.07 Å². The van der Waals surface area contributed by atoms with E-state index in [1.54, 1.807) is 13.4 Å². The van der Waals surface area contributed by atoms with Gasteiger partial charge in [0, 0.05) is 13.2 Å². The molecule has 1 aliphatic rings. The van der Waals surface area contributed by atoms with Gasteiger partial charge in [0.25, 0.3) is 0 Å². The molecule has 3 rings (SSSR count). The third kappa shape index (κ3) is 3.45. The zero-order valence-corrected chi connectivity index (χ0v) is 13.3. The van der Waals surface area contributed by atoms with Crippen molar-refractivity contribution in [1.29, 1.82) is 0 Å². The first-order valence-electron chi connectivity index (χ1n) is 7.46.